The third-order valence-corrected chi connectivity index (χ3v) is 4.48. The van der Waals surface area contributed by atoms with Gasteiger partial charge in [0.05, 0.1) is 5.60 Å². The normalized spacial score (nSPS) is 27.4. The van der Waals surface area contributed by atoms with Gasteiger partial charge in [0.15, 0.2) is 0 Å². The Morgan fingerprint density at radius 2 is 2.00 bits per heavy atom. The predicted molar refractivity (Wildman–Crippen MR) is 79.8 cm³/mol. The van der Waals surface area contributed by atoms with Gasteiger partial charge in [-0.05, 0) is 46.0 Å². The van der Waals surface area contributed by atoms with Gasteiger partial charge in [0, 0.05) is 24.6 Å². The summed E-state index contributed by atoms with van der Waals surface area (Å²) in [6, 6.07) is 0. The van der Waals surface area contributed by atoms with Crippen molar-refractivity contribution in [3.8, 4) is 0 Å². The van der Waals surface area contributed by atoms with Crippen LogP contribution in [0.4, 0.5) is 11.6 Å². The van der Waals surface area contributed by atoms with Gasteiger partial charge in [0.1, 0.15) is 17.5 Å². The molecule has 0 amide bonds. The van der Waals surface area contributed by atoms with E-state index in [4.69, 9.17) is 10.7 Å². The Kier molecular flexibility index (Phi) is 3.32. The minimum Gasteiger partial charge on any atom is -0.390 e. The zero-order valence-corrected chi connectivity index (χ0v) is 12.4. The van der Waals surface area contributed by atoms with E-state index >= 15 is 0 Å². The first-order valence-electron chi connectivity index (χ1n) is 7.58. The largest absolute Gasteiger partial charge is 0.390 e. The van der Waals surface area contributed by atoms with Gasteiger partial charge in [-0.15, -0.1) is 0 Å². The molecule has 5 heteroatoms. The summed E-state index contributed by atoms with van der Waals surface area (Å²) in [4.78, 5) is 11.5. The summed E-state index contributed by atoms with van der Waals surface area (Å²) >= 11 is 0. The van der Waals surface area contributed by atoms with Crippen molar-refractivity contribution in [1.29, 1.82) is 0 Å². The van der Waals surface area contributed by atoms with Gasteiger partial charge in [0.25, 0.3) is 0 Å². The van der Waals surface area contributed by atoms with E-state index < -0.39 is 5.60 Å². The molecule has 1 aliphatic heterocycles. The van der Waals surface area contributed by atoms with Crippen LogP contribution in [0.1, 0.15) is 56.3 Å². The van der Waals surface area contributed by atoms with Crippen LogP contribution in [0.3, 0.4) is 0 Å². The fraction of sp³-hybridized carbons (Fsp3) is 0.733. The number of hydrogen-bond donors (Lipinski definition) is 2. The molecule has 110 valence electrons. The fourth-order valence-corrected chi connectivity index (χ4v) is 2.85. The topological polar surface area (TPSA) is 75.3 Å². The Balaban J connectivity index is 1.88. The molecule has 5 nitrogen and oxygen atoms in total. The van der Waals surface area contributed by atoms with Crippen LogP contribution >= 0.6 is 0 Å². The highest BCUT2D eigenvalue weighted by atomic mass is 16.3. The van der Waals surface area contributed by atoms with E-state index in [0.29, 0.717) is 11.7 Å². The summed E-state index contributed by atoms with van der Waals surface area (Å²) in [5.74, 6) is 2.98. The van der Waals surface area contributed by atoms with Crippen LogP contribution in [-0.2, 0) is 0 Å². The summed E-state index contributed by atoms with van der Waals surface area (Å²) in [6.45, 7) is 5.67. The van der Waals surface area contributed by atoms with E-state index in [2.05, 4.69) is 9.88 Å². The lowest BCUT2D eigenvalue weighted by molar-refractivity contribution is 0.0481. The van der Waals surface area contributed by atoms with Crippen molar-refractivity contribution >= 4 is 11.6 Å². The molecule has 1 saturated carbocycles. The van der Waals surface area contributed by atoms with E-state index in [1.807, 2.05) is 13.8 Å². The molecule has 0 bridgehead atoms. The summed E-state index contributed by atoms with van der Waals surface area (Å²) < 4.78 is 0. The van der Waals surface area contributed by atoms with Crippen LogP contribution < -0.4 is 10.6 Å². The Morgan fingerprint density at radius 3 is 2.70 bits per heavy atom. The minimum absolute atomic E-state index is 0.506. The maximum atomic E-state index is 10.2. The zero-order chi connectivity index (χ0) is 14.3. The van der Waals surface area contributed by atoms with E-state index in [1.54, 1.807) is 0 Å². The van der Waals surface area contributed by atoms with Gasteiger partial charge in [-0.2, -0.15) is 0 Å². The van der Waals surface area contributed by atoms with E-state index in [0.717, 1.165) is 49.6 Å². The van der Waals surface area contributed by atoms with E-state index in [9.17, 15) is 5.11 Å². The molecular formula is C15H24N4O. The highest BCUT2D eigenvalue weighted by molar-refractivity contribution is 5.57. The Morgan fingerprint density at radius 1 is 1.25 bits per heavy atom. The Hall–Kier alpha value is -1.36. The Labute approximate surface area is 120 Å². The van der Waals surface area contributed by atoms with Gasteiger partial charge in [0.2, 0.25) is 0 Å². The summed E-state index contributed by atoms with van der Waals surface area (Å²) in [5, 5.41) is 10.2. The van der Waals surface area contributed by atoms with Crippen molar-refractivity contribution in [3.05, 3.63) is 11.4 Å². The maximum absolute atomic E-state index is 10.2. The van der Waals surface area contributed by atoms with Crippen LogP contribution in [0, 0.1) is 6.92 Å². The molecule has 1 atom stereocenters. The van der Waals surface area contributed by atoms with Gasteiger partial charge in [-0.25, -0.2) is 9.97 Å². The SMILES string of the molecule is Cc1c(N)nc(C2CC2)nc1N1CCCC(C)(O)CC1. The van der Waals surface area contributed by atoms with Crippen molar-refractivity contribution in [1.82, 2.24) is 9.97 Å². The molecule has 0 radical (unpaired) electrons. The highest BCUT2D eigenvalue weighted by Crippen LogP contribution is 2.40. The van der Waals surface area contributed by atoms with E-state index in [-0.39, 0.29) is 0 Å². The highest BCUT2D eigenvalue weighted by Gasteiger charge is 2.30. The van der Waals surface area contributed by atoms with Crippen LogP contribution in [0.5, 0.6) is 0 Å². The molecule has 1 aromatic rings. The first-order chi connectivity index (χ1) is 9.46. The average Bonchev–Trinajstić information content (AvgIpc) is 3.20. The van der Waals surface area contributed by atoms with Gasteiger partial charge >= 0.3 is 0 Å². The number of aliphatic hydroxyl groups is 1. The number of nitrogen functional groups attached to an aromatic ring is 1. The standard InChI is InChI=1S/C15H24N4O/c1-10-12(16)17-13(11-4-5-11)18-14(10)19-8-3-6-15(2,20)7-9-19/h11,20H,3-9H2,1-2H3,(H2,16,17,18). The van der Waals surface area contributed by atoms with Gasteiger partial charge in [-0.1, -0.05) is 0 Å². The second kappa shape index (κ2) is 4.88. The lowest BCUT2D eigenvalue weighted by Gasteiger charge is -2.25. The summed E-state index contributed by atoms with van der Waals surface area (Å²) in [5.41, 5.74) is 6.47. The monoisotopic (exact) mass is 276 g/mol. The third-order valence-electron chi connectivity index (χ3n) is 4.48. The second-order valence-electron chi connectivity index (χ2n) is 6.53. The molecule has 2 heterocycles. The number of aromatic nitrogens is 2. The average molecular weight is 276 g/mol. The number of hydrogen-bond acceptors (Lipinski definition) is 5. The van der Waals surface area contributed by atoms with Crippen molar-refractivity contribution in [3.63, 3.8) is 0 Å². The van der Waals surface area contributed by atoms with Gasteiger partial charge < -0.3 is 15.7 Å². The lowest BCUT2D eigenvalue weighted by Crippen LogP contribution is -2.29. The number of nitrogens with zero attached hydrogens (tertiary/aromatic N) is 3. The predicted octanol–water partition coefficient (Wildman–Crippen LogP) is 1.99. The molecule has 1 aromatic heterocycles. The molecule has 1 unspecified atom stereocenters. The van der Waals surface area contributed by atoms with Gasteiger partial charge in [-0.3, -0.25) is 0 Å². The van der Waals surface area contributed by atoms with Crippen molar-refractivity contribution in [2.75, 3.05) is 23.7 Å². The van der Waals surface area contributed by atoms with Crippen molar-refractivity contribution in [2.45, 2.75) is 57.5 Å². The van der Waals surface area contributed by atoms with Crippen LogP contribution in [0.2, 0.25) is 0 Å². The van der Waals surface area contributed by atoms with E-state index in [1.165, 1.54) is 12.8 Å². The molecule has 0 aromatic carbocycles. The minimum atomic E-state index is -0.555. The Bertz CT molecular complexity index is 511. The van der Waals surface area contributed by atoms with Crippen molar-refractivity contribution < 1.29 is 5.11 Å². The molecule has 20 heavy (non-hydrogen) atoms. The zero-order valence-electron chi connectivity index (χ0n) is 12.4. The molecule has 3 N–H and O–H groups in total. The van der Waals surface area contributed by atoms with Crippen LogP contribution in [-0.4, -0.2) is 33.8 Å². The maximum Gasteiger partial charge on any atom is 0.137 e. The van der Waals surface area contributed by atoms with Crippen molar-refractivity contribution in [2.24, 2.45) is 0 Å². The molecule has 0 spiro atoms. The first-order valence-corrected chi connectivity index (χ1v) is 7.58. The van der Waals surface area contributed by atoms with Crippen LogP contribution in [0.25, 0.3) is 0 Å². The number of nitrogens with two attached hydrogens (primary N) is 1. The number of rotatable bonds is 2. The molecule has 2 aliphatic rings. The summed E-state index contributed by atoms with van der Waals surface area (Å²) in [6.07, 6.45) is 4.95. The fourth-order valence-electron chi connectivity index (χ4n) is 2.85. The number of anilines is 2. The molecular weight excluding hydrogens is 252 g/mol. The lowest BCUT2D eigenvalue weighted by atomic mass is 9.98. The first kappa shape index (κ1) is 13.6. The van der Waals surface area contributed by atoms with Crippen LogP contribution in [0.15, 0.2) is 0 Å². The molecule has 1 aliphatic carbocycles. The third kappa shape index (κ3) is 2.73. The smallest absolute Gasteiger partial charge is 0.137 e. The quantitative estimate of drug-likeness (QED) is 0.864. The second-order valence-corrected chi connectivity index (χ2v) is 6.53. The molecule has 3 rings (SSSR count). The summed E-state index contributed by atoms with van der Waals surface area (Å²) in [7, 11) is 0. The molecule has 2 fully saturated rings. The molecule has 1 saturated heterocycles.